The summed E-state index contributed by atoms with van der Waals surface area (Å²) in [5.74, 6) is -3.40. The molecule has 11 heteroatoms. The molecule has 1 aliphatic heterocycles. The summed E-state index contributed by atoms with van der Waals surface area (Å²) in [6.07, 6.45) is 4.56. The lowest BCUT2D eigenvalue weighted by molar-refractivity contribution is -0.144. The van der Waals surface area contributed by atoms with Crippen molar-refractivity contribution in [3.05, 3.63) is 148 Å². The quantitative estimate of drug-likeness (QED) is 0.128. The van der Waals surface area contributed by atoms with Crippen LogP contribution in [0.2, 0.25) is 0 Å². The van der Waals surface area contributed by atoms with E-state index in [9.17, 15) is 28.0 Å². The number of pyridine rings is 1. The molecular weight excluding hydrogens is 604 g/mol. The van der Waals surface area contributed by atoms with E-state index < -0.39 is 41.1 Å². The molecule has 0 saturated carbocycles. The highest BCUT2D eigenvalue weighted by atomic mass is 19.1. The number of Topliss-reactive ketones (excluding diaryl/α,β-unsaturated/α-hetero) is 2. The number of carbonyl (C=O) groups is 3. The fraction of sp³-hybridized carbons (Fsp3) is 0.194. The van der Waals surface area contributed by atoms with Crippen molar-refractivity contribution >= 4 is 23.2 Å². The number of ketones is 2. The molecule has 5 aromatic rings. The Hall–Kier alpha value is -5.71. The van der Waals surface area contributed by atoms with Gasteiger partial charge in [-0.3, -0.25) is 19.2 Å². The van der Waals surface area contributed by atoms with Crippen LogP contribution in [0.4, 0.5) is 14.5 Å². The molecule has 9 nitrogen and oxygen atoms in total. The highest BCUT2D eigenvalue weighted by Crippen LogP contribution is 2.20. The summed E-state index contributed by atoms with van der Waals surface area (Å²) in [6, 6.07) is 22.8. The van der Waals surface area contributed by atoms with Gasteiger partial charge in [-0.25, -0.2) is 13.5 Å². The van der Waals surface area contributed by atoms with Crippen LogP contribution in [0.3, 0.4) is 0 Å². The van der Waals surface area contributed by atoms with Crippen molar-refractivity contribution in [3.8, 4) is 5.69 Å². The number of nitrogens with zero attached hydrogens (tertiary/aromatic N) is 5. The Morgan fingerprint density at radius 1 is 0.787 bits per heavy atom. The van der Waals surface area contributed by atoms with Gasteiger partial charge in [-0.1, -0.05) is 30.3 Å². The van der Waals surface area contributed by atoms with E-state index in [1.165, 1.54) is 52.1 Å². The second-order valence-corrected chi connectivity index (χ2v) is 11.4. The lowest BCUT2D eigenvalue weighted by Crippen LogP contribution is -2.51. The number of halogens is 2. The van der Waals surface area contributed by atoms with Gasteiger partial charge < -0.3 is 14.4 Å². The average molecular weight is 636 g/mol. The zero-order valence-corrected chi connectivity index (χ0v) is 25.4. The number of carbonyl (C=O) groups excluding carboxylic acids is 3. The summed E-state index contributed by atoms with van der Waals surface area (Å²) in [7, 11) is 0. The maximum Gasteiger partial charge on any atom is 0.290 e. The minimum Gasteiger partial charge on any atom is -0.368 e. The largest absolute Gasteiger partial charge is 0.368 e. The van der Waals surface area contributed by atoms with Crippen LogP contribution in [0.25, 0.3) is 5.69 Å². The molecule has 0 atom stereocenters. The molecule has 3 heterocycles. The zero-order chi connectivity index (χ0) is 32.9. The Morgan fingerprint density at radius 2 is 1.49 bits per heavy atom. The molecule has 1 saturated heterocycles. The second-order valence-electron chi connectivity index (χ2n) is 11.4. The summed E-state index contributed by atoms with van der Waals surface area (Å²) in [5.41, 5.74) is 2.42. The molecule has 0 bridgehead atoms. The number of benzene rings is 3. The van der Waals surface area contributed by atoms with Gasteiger partial charge in [-0.2, -0.15) is 5.10 Å². The van der Waals surface area contributed by atoms with E-state index in [1.54, 1.807) is 29.1 Å². The maximum absolute atomic E-state index is 14.5. The van der Waals surface area contributed by atoms with Crippen molar-refractivity contribution in [1.29, 1.82) is 0 Å². The van der Waals surface area contributed by atoms with E-state index in [-0.39, 0.29) is 24.1 Å². The monoisotopic (exact) mass is 635 g/mol. The fourth-order valence-corrected chi connectivity index (χ4v) is 5.66. The predicted molar refractivity (Wildman–Crippen MR) is 172 cm³/mol. The van der Waals surface area contributed by atoms with Gasteiger partial charge in [0.05, 0.1) is 24.2 Å². The molecule has 0 unspecified atom stereocenters. The molecule has 1 aliphatic rings. The van der Waals surface area contributed by atoms with Gasteiger partial charge in [0.2, 0.25) is 5.78 Å². The summed E-state index contributed by atoms with van der Waals surface area (Å²) in [4.78, 5) is 56.5. The Kier molecular flexibility index (Phi) is 9.14. The van der Waals surface area contributed by atoms with Gasteiger partial charge in [0.15, 0.2) is 5.78 Å². The Bertz CT molecular complexity index is 1960. The van der Waals surface area contributed by atoms with Crippen molar-refractivity contribution in [2.75, 3.05) is 31.1 Å². The van der Waals surface area contributed by atoms with Gasteiger partial charge in [0.25, 0.3) is 11.5 Å². The number of hydrogen-bond donors (Lipinski definition) is 0. The van der Waals surface area contributed by atoms with Crippen molar-refractivity contribution in [2.45, 2.75) is 19.4 Å². The van der Waals surface area contributed by atoms with Crippen LogP contribution in [0.15, 0.2) is 108 Å². The molecule has 0 spiro atoms. The normalized spacial score (nSPS) is 13.1. The van der Waals surface area contributed by atoms with Crippen LogP contribution in [0, 0.1) is 11.6 Å². The second kappa shape index (κ2) is 13.7. The van der Waals surface area contributed by atoms with Crippen LogP contribution in [-0.2, 0) is 22.6 Å². The van der Waals surface area contributed by atoms with Crippen LogP contribution >= 0.6 is 0 Å². The maximum atomic E-state index is 14.5. The standard InChI is InChI=1S/C36H31F2N5O4/c37-28-8-6-25(7-9-28)20-26-21-31(35(46)42(23-26)24-27-4-1-2-5-32(27)38)33(44)22-34(45)36(47)41-18-16-40(17-19-41)29-10-12-30(13-11-29)43-15-3-14-39-43/h1-15,21,23H,16-20,22,24H2. The lowest BCUT2D eigenvalue weighted by Gasteiger charge is -2.35. The molecule has 238 valence electrons. The van der Waals surface area contributed by atoms with Crippen LogP contribution in [0.1, 0.15) is 33.5 Å². The minimum absolute atomic E-state index is 0.147. The fourth-order valence-electron chi connectivity index (χ4n) is 5.66. The van der Waals surface area contributed by atoms with E-state index in [4.69, 9.17) is 0 Å². The number of piperazine rings is 1. The lowest BCUT2D eigenvalue weighted by atomic mass is 10.0. The van der Waals surface area contributed by atoms with Gasteiger partial charge in [-0.15, -0.1) is 0 Å². The number of anilines is 1. The third-order valence-electron chi connectivity index (χ3n) is 8.17. The third kappa shape index (κ3) is 7.25. The first-order valence-electron chi connectivity index (χ1n) is 15.2. The minimum atomic E-state index is -0.906. The summed E-state index contributed by atoms with van der Waals surface area (Å²) < 4.78 is 30.9. The van der Waals surface area contributed by atoms with Crippen molar-refractivity contribution in [3.63, 3.8) is 0 Å². The molecule has 0 radical (unpaired) electrons. The first kappa shape index (κ1) is 31.3. The molecule has 1 fully saturated rings. The summed E-state index contributed by atoms with van der Waals surface area (Å²) >= 11 is 0. The predicted octanol–water partition coefficient (Wildman–Crippen LogP) is 4.44. The summed E-state index contributed by atoms with van der Waals surface area (Å²) in [5, 5.41) is 4.23. The number of hydrogen-bond acceptors (Lipinski definition) is 6. The molecule has 0 aliphatic carbocycles. The molecule has 0 N–H and O–H groups in total. The van der Waals surface area contributed by atoms with Crippen molar-refractivity contribution in [2.24, 2.45) is 0 Å². The van der Waals surface area contributed by atoms with Gasteiger partial charge in [0.1, 0.15) is 11.6 Å². The van der Waals surface area contributed by atoms with Crippen LogP contribution in [-0.4, -0.2) is 62.9 Å². The smallest absolute Gasteiger partial charge is 0.290 e. The molecule has 6 rings (SSSR count). The zero-order valence-electron chi connectivity index (χ0n) is 25.4. The van der Waals surface area contributed by atoms with E-state index in [1.807, 2.05) is 36.5 Å². The van der Waals surface area contributed by atoms with Crippen molar-refractivity contribution < 1.29 is 23.2 Å². The topological polar surface area (TPSA) is 97.5 Å². The highest BCUT2D eigenvalue weighted by Gasteiger charge is 2.29. The van der Waals surface area contributed by atoms with E-state index in [2.05, 4.69) is 10.00 Å². The van der Waals surface area contributed by atoms with Crippen LogP contribution in [0.5, 0.6) is 0 Å². The highest BCUT2D eigenvalue weighted by molar-refractivity contribution is 6.40. The molecule has 2 aromatic heterocycles. The third-order valence-corrected chi connectivity index (χ3v) is 8.17. The first-order chi connectivity index (χ1) is 22.7. The molecule has 3 aromatic carbocycles. The summed E-state index contributed by atoms with van der Waals surface area (Å²) in [6.45, 7) is 1.44. The average Bonchev–Trinajstić information content (AvgIpc) is 3.63. The Labute approximate surface area is 269 Å². The number of rotatable bonds is 10. The molecular formula is C36H31F2N5O4. The van der Waals surface area contributed by atoms with Gasteiger partial charge in [0, 0.05) is 56.0 Å². The first-order valence-corrected chi connectivity index (χ1v) is 15.2. The molecule has 1 amide bonds. The Morgan fingerprint density at radius 3 is 2.17 bits per heavy atom. The van der Waals surface area contributed by atoms with E-state index in [0.29, 0.717) is 31.7 Å². The van der Waals surface area contributed by atoms with Gasteiger partial charge in [-0.05, 0) is 72.1 Å². The van der Waals surface area contributed by atoms with Crippen LogP contribution < -0.4 is 10.5 Å². The number of amides is 1. The van der Waals surface area contributed by atoms with Gasteiger partial charge >= 0.3 is 0 Å². The Balaban J connectivity index is 1.14. The molecule has 47 heavy (non-hydrogen) atoms. The van der Waals surface area contributed by atoms with E-state index in [0.717, 1.165) is 16.9 Å². The van der Waals surface area contributed by atoms with Crippen molar-refractivity contribution in [1.82, 2.24) is 19.2 Å². The SMILES string of the molecule is O=C(CC(=O)c1cc(Cc2ccc(F)cc2)cn(Cc2ccccc2F)c1=O)C(=O)N1CCN(c2ccc(-n3cccn3)cc2)CC1. The van der Waals surface area contributed by atoms with E-state index >= 15 is 0 Å². The number of aromatic nitrogens is 3.